The Bertz CT molecular complexity index is 713. The molecular weight excluding hydrogens is 288 g/mol. The van der Waals surface area contributed by atoms with Gasteiger partial charge < -0.3 is 10.2 Å². The molecule has 3 atom stereocenters. The molecule has 5 heteroatoms. The van der Waals surface area contributed by atoms with Gasteiger partial charge in [0.15, 0.2) is 0 Å². The van der Waals surface area contributed by atoms with Crippen LogP contribution in [0, 0.1) is 12.8 Å². The van der Waals surface area contributed by atoms with E-state index < -0.39 is 0 Å². The van der Waals surface area contributed by atoms with Crippen LogP contribution in [0.5, 0.6) is 0 Å². The van der Waals surface area contributed by atoms with Crippen molar-refractivity contribution in [2.45, 2.75) is 39.8 Å². The molecule has 23 heavy (non-hydrogen) atoms. The molecule has 0 bridgehead atoms. The highest BCUT2D eigenvalue weighted by molar-refractivity contribution is 5.93. The average Bonchev–Trinajstić information content (AvgIpc) is 2.53. The van der Waals surface area contributed by atoms with Crippen molar-refractivity contribution in [1.82, 2.24) is 9.97 Å². The first-order chi connectivity index (χ1) is 11.0. The van der Waals surface area contributed by atoms with Crippen molar-refractivity contribution in [2.75, 3.05) is 10.2 Å². The van der Waals surface area contributed by atoms with Crippen LogP contribution in [-0.4, -0.2) is 21.9 Å². The van der Waals surface area contributed by atoms with Crippen LogP contribution >= 0.6 is 0 Å². The van der Waals surface area contributed by atoms with Crippen molar-refractivity contribution in [2.24, 2.45) is 5.92 Å². The maximum Gasteiger partial charge on any atom is 0.224 e. The van der Waals surface area contributed by atoms with Crippen LogP contribution in [0.15, 0.2) is 36.7 Å². The number of hydrogen-bond acceptors (Lipinski definition) is 4. The minimum absolute atomic E-state index is 0.0744. The fraction of sp³-hybridized carbons (Fsp3) is 0.389. The van der Waals surface area contributed by atoms with Crippen LogP contribution in [0.25, 0.3) is 0 Å². The molecule has 1 aromatic carbocycles. The van der Waals surface area contributed by atoms with Gasteiger partial charge in [-0.15, -0.1) is 0 Å². The van der Waals surface area contributed by atoms with E-state index in [0.717, 1.165) is 22.8 Å². The van der Waals surface area contributed by atoms with Gasteiger partial charge in [-0.05, 0) is 25.5 Å². The molecule has 0 fully saturated rings. The van der Waals surface area contributed by atoms with E-state index in [4.69, 9.17) is 0 Å². The number of benzene rings is 1. The van der Waals surface area contributed by atoms with E-state index in [1.165, 1.54) is 0 Å². The summed E-state index contributed by atoms with van der Waals surface area (Å²) in [5.41, 5.74) is 2.99. The Morgan fingerprint density at radius 3 is 2.57 bits per heavy atom. The van der Waals surface area contributed by atoms with E-state index in [1.807, 2.05) is 30.0 Å². The number of hydrogen-bond donors (Lipinski definition) is 1. The number of carbonyl (C=O) groups excluding carboxylic acids is 1. The van der Waals surface area contributed by atoms with Crippen molar-refractivity contribution in [1.29, 1.82) is 0 Å². The van der Waals surface area contributed by atoms with E-state index in [0.29, 0.717) is 0 Å². The average molecular weight is 310 g/mol. The molecule has 2 unspecified atom stereocenters. The molecule has 2 aromatic rings. The molecule has 2 heterocycles. The summed E-state index contributed by atoms with van der Waals surface area (Å²) in [6.07, 6.45) is 3.51. The minimum Gasteiger partial charge on any atom is -0.362 e. The summed E-state index contributed by atoms with van der Waals surface area (Å²) < 4.78 is 0. The third kappa shape index (κ3) is 2.79. The van der Waals surface area contributed by atoms with Crippen LogP contribution < -0.4 is 10.2 Å². The number of carbonyl (C=O) groups is 1. The molecule has 1 amide bonds. The van der Waals surface area contributed by atoms with E-state index in [-0.39, 0.29) is 23.9 Å². The number of aromatic nitrogens is 2. The molecule has 5 nitrogen and oxygen atoms in total. The van der Waals surface area contributed by atoms with Crippen molar-refractivity contribution in [3.05, 3.63) is 47.9 Å². The summed E-state index contributed by atoms with van der Waals surface area (Å²) >= 11 is 0. The SMILES string of the molecule is CC(=O)N1c2ccccc2C(Nc2cnc(C)cn2)C(C)[C@@H]1C. The van der Waals surface area contributed by atoms with Gasteiger partial charge in [0.2, 0.25) is 5.91 Å². The number of nitrogens with one attached hydrogen (secondary N) is 1. The van der Waals surface area contributed by atoms with Crippen molar-refractivity contribution < 1.29 is 4.79 Å². The van der Waals surface area contributed by atoms with Gasteiger partial charge in [0.1, 0.15) is 5.82 Å². The zero-order valence-electron chi connectivity index (χ0n) is 13.9. The van der Waals surface area contributed by atoms with Gasteiger partial charge in [-0.1, -0.05) is 25.1 Å². The number of nitrogens with zero attached hydrogens (tertiary/aromatic N) is 3. The van der Waals surface area contributed by atoms with Crippen molar-refractivity contribution >= 4 is 17.4 Å². The smallest absolute Gasteiger partial charge is 0.224 e. The maximum absolute atomic E-state index is 12.1. The quantitative estimate of drug-likeness (QED) is 0.924. The second-order valence-corrected chi connectivity index (χ2v) is 6.21. The largest absolute Gasteiger partial charge is 0.362 e. The van der Waals surface area contributed by atoms with Crippen molar-refractivity contribution in [3.8, 4) is 0 Å². The number of para-hydroxylation sites is 1. The molecule has 1 N–H and O–H groups in total. The third-order valence-corrected chi connectivity index (χ3v) is 4.65. The highest BCUT2D eigenvalue weighted by Gasteiger charge is 2.37. The fourth-order valence-corrected chi connectivity index (χ4v) is 3.28. The first-order valence-electron chi connectivity index (χ1n) is 7.93. The zero-order chi connectivity index (χ0) is 16.6. The second kappa shape index (κ2) is 5.99. The van der Waals surface area contributed by atoms with Gasteiger partial charge in [-0.25, -0.2) is 4.98 Å². The summed E-state index contributed by atoms with van der Waals surface area (Å²) in [6.45, 7) is 7.80. The lowest BCUT2D eigenvalue weighted by Gasteiger charge is -2.43. The molecule has 0 radical (unpaired) electrons. The predicted octanol–water partition coefficient (Wildman–Crippen LogP) is 3.33. The summed E-state index contributed by atoms with van der Waals surface area (Å²) in [4.78, 5) is 22.7. The van der Waals surface area contributed by atoms with E-state index in [2.05, 4.69) is 35.2 Å². The van der Waals surface area contributed by atoms with E-state index in [9.17, 15) is 4.79 Å². The first-order valence-corrected chi connectivity index (χ1v) is 7.93. The van der Waals surface area contributed by atoms with Crippen molar-refractivity contribution in [3.63, 3.8) is 0 Å². The molecule has 0 spiro atoms. The van der Waals surface area contributed by atoms with Gasteiger partial charge in [0.25, 0.3) is 0 Å². The lowest BCUT2D eigenvalue weighted by molar-refractivity contribution is -0.117. The van der Waals surface area contributed by atoms with Gasteiger partial charge in [-0.2, -0.15) is 0 Å². The van der Waals surface area contributed by atoms with Gasteiger partial charge in [-0.3, -0.25) is 9.78 Å². The highest BCUT2D eigenvalue weighted by Crippen LogP contribution is 2.41. The van der Waals surface area contributed by atoms with Gasteiger partial charge >= 0.3 is 0 Å². The van der Waals surface area contributed by atoms with Crippen LogP contribution in [0.4, 0.5) is 11.5 Å². The summed E-state index contributed by atoms with van der Waals surface area (Å²) in [6, 6.07) is 8.27. The molecule has 0 aliphatic carbocycles. The number of anilines is 2. The topological polar surface area (TPSA) is 58.1 Å². The van der Waals surface area contributed by atoms with E-state index >= 15 is 0 Å². The van der Waals surface area contributed by atoms with Crippen LogP contribution in [-0.2, 0) is 4.79 Å². The van der Waals surface area contributed by atoms with E-state index in [1.54, 1.807) is 19.3 Å². The molecule has 120 valence electrons. The Labute approximate surface area is 136 Å². The molecule has 1 aliphatic heterocycles. The van der Waals surface area contributed by atoms with Gasteiger partial charge in [0.05, 0.1) is 24.1 Å². The Morgan fingerprint density at radius 1 is 1.17 bits per heavy atom. The Balaban J connectivity index is 2.01. The normalized spacial score (nSPS) is 23.3. The summed E-state index contributed by atoms with van der Waals surface area (Å²) in [7, 11) is 0. The third-order valence-electron chi connectivity index (χ3n) is 4.65. The summed E-state index contributed by atoms with van der Waals surface area (Å²) in [5.74, 6) is 1.08. The molecule has 1 aromatic heterocycles. The molecule has 0 saturated carbocycles. The van der Waals surface area contributed by atoms with Crippen LogP contribution in [0.3, 0.4) is 0 Å². The summed E-state index contributed by atoms with van der Waals surface area (Å²) in [5, 5.41) is 3.49. The predicted molar refractivity (Wildman–Crippen MR) is 91.4 cm³/mol. The Morgan fingerprint density at radius 2 is 1.91 bits per heavy atom. The number of fused-ring (bicyclic) bond motifs is 1. The molecule has 3 rings (SSSR count). The van der Waals surface area contributed by atoms with Gasteiger partial charge in [0, 0.05) is 24.6 Å². The fourth-order valence-electron chi connectivity index (χ4n) is 3.28. The number of aryl methyl sites for hydroxylation is 1. The monoisotopic (exact) mass is 310 g/mol. The molecule has 0 saturated heterocycles. The molecular formula is C18H22N4O. The minimum atomic E-state index is 0.0744. The lowest BCUT2D eigenvalue weighted by Crippen LogP contribution is -2.48. The lowest BCUT2D eigenvalue weighted by atomic mass is 9.83. The second-order valence-electron chi connectivity index (χ2n) is 6.21. The first kappa shape index (κ1) is 15.5. The van der Waals surface area contributed by atoms with Crippen LogP contribution in [0.2, 0.25) is 0 Å². The van der Waals surface area contributed by atoms with Crippen LogP contribution in [0.1, 0.15) is 38.1 Å². The number of rotatable bonds is 2. The number of amides is 1. The Hall–Kier alpha value is -2.43. The highest BCUT2D eigenvalue weighted by atomic mass is 16.2. The maximum atomic E-state index is 12.1. The standard InChI is InChI=1S/C18H22N4O/c1-11-9-20-17(10-19-11)21-18-12(2)13(3)22(14(4)23)16-8-6-5-7-15(16)18/h5-10,12-13,18H,1-4H3,(H,20,21)/t12?,13-,18?/m0/s1. The zero-order valence-corrected chi connectivity index (χ0v) is 13.9. The Kier molecular flexibility index (Phi) is 4.03. The molecule has 1 aliphatic rings.